The maximum absolute atomic E-state index is 12.0. The smallest absolute Gasteiger partial charge is 0.153 e. The van der Waals surface area contributed by atoms with Crippen molar-refractivity contribution >= 4 is 16.7 Å². The molecule has 0 radical (unpaired) electrons. The zero-order chi connectivity index (χ0) is 12.7. The molecule has 0 spiro atoms. The summed E-state index contributed by atoms with van der Waals surface area (Å²) >= 11 is -0.873. The lowest BCUT2D eigenvalue weighted by Crippen LogP contribution is -2.06. The van der Waals surface area contributed by atoms with Gasteiger partial charge in [-0.25, -0.2) is 0 Å². The standard InChI is InChI=1S/C14H21NOS/c1-3-4-10-17(16)14-7-5-6-13(11-14)12(2)8-9-15/h5-8,11H,3-4,9-10,15H2,1-2H3/b12-8-. The van der Waals surface area contributed by atoms with E-state index in [2.05, 4.69) is 6.92 Å². The molecule has 0 aliphatic heterocycles. The van der Waals surface area contributed by atoms with Gasteiger partial charge in [0.2, 0.25) is 0 Å². The minimum absolute atomic E-state index is 0.537. The summed E-state index contributed by atoms with van der Waals surface area (Å²) in [4.78, 5) is 0.917. The van der Waals surface area contributed by atoms with E-state index < -0.39 is 11.2 Å². The summed E-state index contributed by atoms with van der Waals surface area (Å²) in [6.45, 7) is 4.68. The first kappa shape index (κ1) is 14.3. The van der Waals surface area contributed by atoms with E-state index >= 15 is 0 Å². The highest BCUT2D eigenvalue weighted by Crippen LogP contribution is 2.19. The van der Waals surface area contributed by atoms with Gasteiger partial charge in [-0.3, -0.25) is 0 Å². The van der Waals surface area contributed by atoms with Crippen molar-refractivity contribution in [2.45, 2.75) is 31.6 Å². The molecule has 0 fully saturated rings. The summed E-state index contributed by atoms with van der Waals surface area (Å²) in [7, 11) is 0. The lowest BCUT2D eigenvalue weighted by Gasteiger charge is -2.11. The first-order valence-electron chi connectivity index (χ1n) is 6.04. The lowest BCUT2D eigenvalue weighted by atomic mass is 10.1. The Kier molecular flexibility index (Phi) is 6.34. The van der Waals surface area contributed by atoms with Gasteiger partial charge in [-0.05, 0) is 41.7 Å². The fourth-order valence-electron chi connectivity index (χ4n) is 1.57. The first-order chi connectivity index (χ1) is 8.19. The summed E-state index contributed by atoms with van der Waals surface area (Å²) in [6.07, 6.45) is 4.07. The van der Waals surface area contributed by atoms with Gasteiger partial charge in [-0.1, -0.05) is 31.6 Å². The van der Waals surface area contributed by atoms with Gasteiger partial charge in [-0.15, -0.1) is 0 Å². The van der Waals surface area contributed by atoms with Crippen LogP contribution in [0.2, 0.25) is 0 Å². The number of benzene rings is 1. The Morgan fingerprint density at radius 3 is 2.88 bits per heavy atom. The van der Waals surface area contributed by atoms with Crippen LogP contribution in [0.4, 0.5) is 0 Å². The van der Waals surface area contributed by atoms with Crippen LogP contribution in [0.25, 0.3) is 5.57 Å². The number of hydrogen-bond acceptors (Lipinski definition) is 2. The Hall–Kier alpha value is -0.770. The minimum Gasteiger partial charge on any atom is -0.611 e. The van der Waals surface area contributed by atoms with Gasteiger partial charge in [-0.2, -0.15) is 0 Å². The van der Waals surface area contributed by atoms with Crippen molar-refractivity contribution in [3.8, 4) is 0 Å². The molecule has 3 heteroatoms. The van der Waals surface area contributed by atoms with E-state index in [1.54, 1.807) is 0 Å². The summed E-state index contributed by atoms with van der Waals surface area (Å²) < 4.78 is 12.0. The normalized spacial score (nSPS) is 13.8. The molecule has 94 valence electrons. The number of unbranched alkanes of at least 4 members (excludes halogenated alkanes) is 1. The largest absolute Gasteiger partial charge is 0.611 e. The van der Waals surface area contributed by atoms with Crippen LogP contribution in [0.3, 0.4) is 0 Å². The summed E-state index contributed by atoms with van der Waals surface area (Å²) in [5, 5.41) is 0. The van der Waals surface area contributed by atoms with Gasteiger partial charge < -0.3 is 10.3 Å². The molecule has 2 nitrogen and oxygen atoms in total. The molecule has 1 unspecified atom stereocenters. The van der Waals surface area contributed by atoms with E-state index in [1.165, 1.54) is 0 Å². The molecule has 0 aliphatic carbocycles. The monoisotopic (exact) mass is 251 g/mol. The van der Waals surface area contributed by atoms with Crippen LogP contribution in [-0.4, -0.2) is 16.9 Å². The summed E-state index contributed by atoms with van der Waals surface area (Å²) in [5.41, 5.74) is 7.74. The van der Waals surface area contributed by atoms with Crippen molar-refractivity contribution in [3.63, 3.8) is 0 Å². The first-order valence-corrected chi connectivity index (χ1v) is 7.36. The van der Waals surface area contributed by atoms with Crippen LogP contribution in [-0.2, 0) is 11.2 Å². The molecule has 0 aliphatic rings. The third-order valence-electron chi connectivity index (χ3n) is 2.66. The van der Waals surface area contributed by atoms with E-state index in [9.17, 15) is 4.55 Å². The van der Waals surface area contributed by atoms with Crippen LogP contribution in [0, 0.1) is 0 Å². The molecular formula is C14H21NOS. The van der Waals surface area contributed by atoms with Gasteiger partial charge in [0.25, 0.3) is 0 Å². The Balaban J connectivity index is 2.81. The van der Waals surface area contributed by atoms with Crippen molar-refractivity contribution in [1.29, 1.82) is 0 Å². The SMILES string of the molecule is CCCC[S+]([O-])c1cccc(/C(C)=C\CN)c1. The lowest BCUT2D eigenvalue weighted by molar-refractivity contribution is 0.591. The Bertz CT molecular complexity index is 376. The van der Waals surface area contributed by atoms with Crippen LogP contribution >= 0.6 is 0 Å². The van der Waals surface area contributed by atoms with Crippen LogP contribution in [0.15, 0.2) is 35.2 Å². The summed E-state index contributed by atoms with van der Waals surface area (Å²) in [5.74, 6) is 0.750. The van der Waals surface area contributed by atoms with Gasteiger partial charge >= 0.3 is 0 Å². The predicted molar refractivity (Wildman–Crippen MR) is 75.3 cm³/mol. The molecule has 0 saturated carbocycles. The second-order valence-electron chi connectivity index (χ2n) is 4.05. The summed E-state index contributed by atoms with van der Waals surface area (Å²) in [6, 6.07) is 7.93. The van der Waals surface area contributed by atoms with Crippen molar-refractivity contribution < 1.29 is 4.55 Å². The third-order valence-corrected chi connectivity index (χ3v) is 4.10. The van der Waals surface area contributed by atoms with Gasteiger partial charge in [0, 0.05) is 12.6 Å². The molecule has 0 amide bonds. The topological polar surface area (TPSA) is 49.1 Å². The fourth-order valence-corrected chi connectivity index (χ4v) is 2.85. The Labute approximate surface area is 107 Å². The molecule has 1 atom stereocenters. The van der Waals surface area contributed by atoms with E-state index in [0.717, 1.165) is 34.6 Å². The molecule has 0 aromatic heterocycles. The van der Waals surface area contributed by atoms with Gasteiger partial charge in [0.05, 0.1) is 0 Å². The second kappa shape index (κ2) is 7.54. The number of rotatable bonds is 6. The molecule has 1 aromatic rings. The van der Waals surface area contributed by atoms with Crippen LogP contribution in [0.5, 0.6) is 0 Å². The maximum Gasteiger partial charge on any atom is 0.153 e. The quantitative estimate of drug-likeness (QED) is 0.790. The molecular weight excluding hydrogens is 230 g/mol. The minimum atomic E-state index is -0.873. The van der Waals surface area contributed by atoms with Crippen molar-refractivity contribution in [2.75, 3.05) is 12.3 Å². The van der Waals surface area contributed by atoms with Crippen LogP contribution < -0.4 is 5.73 Å². The fraction of sp³-hybridized carbons (Fsp3) is 0.429. The average Bonchev–Trinajstić information content (AvgIpc) is 2.36. The predicted octanol–water partition coefficient (Wildman–Crippen LogP) is 2.96. The zero-order valence-corrected chi connectivity index (χ0v) is 11.4. The van der Waals surface area contributed by atoms with E-state index in [0.29, 0.717) is 6.54 Å². The molecule has 1 rings (SSSR count). The van der Waals surface area contributed by atoms with E-state index in [-0.39, 0.29) is 0 Å². The molecule has 0 bridgehead atoms. The molecule has 1 aromatic carbocycles. The highest BCUT2D eigenvalue weighted by Gasteiger charge is 2.10. The zero-order valence-electron chi connectivity index (χ0n) is 10.6. The highest BCUT2D eigenvalue weighted by atomic mass is 32.2. The highest BCUT2D eigenvalue weighted by molar-refractivity contribution is 7.91. The number of hydrogen-bond donors (Lipinski definition) is 1. The Morgan fingerprint density at radius 2 is 2.24 bits per heavy atom. The molecule has 0 heterocycles. The van der Waals surface area contributed by atoms with Crippen molar-refractivity contribution in [1.82, 2.24) is 0 Å². The van der Waals surface area contributed by atoms with Gasteiger partial charge in [0.15, 0.2) is 4.90 Å². The molecule has 0 saturated heterocycles. The van der Waals surface area contributed by atoms with E-state index in [1.807, 2.05) is 37.3 Å². The van der Waals surface area contributed by atoms with Crippen LogP contribution in [0.1, 0.15) is 32.3 Å². The number of allylic oxidation sites excluding steroid dienone is 1. The second-order valence-corrected chi connectivity index (χ2v) is 5.62. The van der Waals surface area contributed by atoms with Crippen molar-refractivity contribution in [2.24, 2.45) is 5.73 Å². The Morgan fingerprint density at radius 1 is 1.47 bits per heavy atom. The maximum atomic E-state index is 12.0. The number of nitrogens with two attached hydrogens (primary N) is 1. The third kappa shape index (κ3) is 4.54. The van der Waals surface area contributed by atoms with E-state index in [4.69, 9.17) is 5.73 Å². The van der Waals surface area contributed by atoms with Gasteiger partial charge in [0.1, 0.15) is 5.75 Å². The average molecular weight is 251 g/mol. The molecule has 2 N–H and O–H groups in total. The van der Waals surface area contributed by atoms with Crippen molar-refractivity contribution in [3.05, 3.63) is 35.9 Å². The molecule has 17 heavy (non-hydrogen) atoms.